The Morgan fingerprint density at radius 2 is 1.73 bits per heavy atom. The molecule has 7 heteroatoms. The SMILES string of the molecule is NC(=O)NCCC[C@@H]1NC(=O)[C@H](Cc2ccccc2)NC1=O. The van der Waals surface area contributed by atoms with Crippen LogP contribution in [-0.4, -0.2) is 36.5 Å². The highest BCUT2D eigenvalue weighted by Gasteiger charge is 2.33. The monoisotopic (exact) mass is 304 g/mol. The highest BCUT2D eigenvalue weighted by molar-refractivity contribution is 5.97. The van der Waals surface area contributed by atoms with Crippen molar-refractivity contribution >= 4 is 17.8 Å². The van der Waals surface area contributed by atoms with Gasteiger partial charge in [-0.1, -0.05) is 30.3 Å². The molecule has 1 saturated heterocycles. The molecule has 1 aromatic rings. The molecular formula is C15H20N4O3. The highest BCUT2D eigenvalue weighted by Crippen LogP contribution is 2.09. The average molecular weight is 304 g/mol. The molecule has 4 amide bonds. The second-order valence-electron chi connectivity index (χ2n) is 5.25. The van der Waals surface area contributed by atoms with Gasteiger partial charge in [-0.15, -0.1) is 0 Å². The first-order chi connectivity index (χ1) is 10.6. The zero-order valence-corrected chi connectivity index (χ0v) is 12.2. The van der Waals surface area contributed by atoms with Gasteiger partial charge in [-0.25, -0.2) is 4.79 Å². The molecule has 5 N–H and O–H groups in total. The third-order valence-corrected chi connectivity index (χ3v) is 3.52. The molecule has 0 aliphatic carbocycles. The van der Waals surface area contributed by atoms with Gasteiger partial charge in [-0.2, -0.15) is 0 Å². The molecule has 118 valence electrons. The second-order valence-corrected chi connectivity index (χ2v) is 5.25. The van der Waals surface area contributed by atoms with Crippen LogP contribution in [0.1, 0.15) is 18.4 Å². The van der Waals surface area contributed by atoms with Gasteiger partial charge in [0.2, 0.25) is 11.8 Å². The zero-order valence-electron chi connectivity index (χ0n) is 12.2. The number of primary amides is 1. The molecule has 7 nitrogen and oxygen atoms in total. The molecule has 1 aliphatic rings. The first-order valence-corrected chi connectivity index (χ1v) is 7.24. The summed E-state index contributed by atoms with van der Waals surface area (Å²) in [5, 5.41) is 7.93. The van der Waals surface area contributed by atoms with E-state index in [1.807, 2.05) is 30.3 Å². The number of piperazine rings is 1. The lowest BCUT2D eigenvalue weighted by Crippen LogP contribution is -2.62. The smallest absolute Gasteiger partial charge is 0.312 e. The molecule has 1 heterocycles. The number of nitrogens with one attached hydrogen (secondary N) is 3. The number of carbonyl (C=O) groups excluding carboxylic acids is 3. The van der Waals surface area contributed by atoms with Gasteiger partial charge >= 0.3 is 6.03 Å². The summed E-state index contributed by atoms with van der Waals surface area (Å²) in [5.74, 6) is -0.379. The summed E-state index contributed by atoms with van der Waals surface area (Å²) in [5.41, 5.74) is 5.95. The summed E-state index contributed by atoms with van der Waals surface area (Å²) >= 11 is 0. The van der Waals surface area contributed by atoms with Gasteiger partial charge in [0.25, 0.3) is 0 Å². The Labute approximate surface area is 128 Å². The van der Waals surface area contributed by atoms with E-state index in [2.05, 4.69) is 16.0 Å². The normalized spacial score (nSPS) is 20.9. The average Bonchev–Trinajstić information content (AvgIpc) is 2.49. The van der Waals surface area contributed by atoms with Gasteiger partial charge in [-0.3, -0.25) is 9.59 Å². The summed E-state index contributed by atoms with van der Waals surface area (Å²) in [7, 11) is 0. The predicted octanol–water partition coefficient (Wildman–Crippen LogP) is -0.339. The molecule has 2 atom stereocenters. The van der Waals surface area contributed by atoms with Gasteiger partial charge in [0.05, 0.1) is 0 Å². The van der Waals surface area contributed by atoms with Gasteiger partial charge in [0, 0.05) is 13.0 Å². The van der Waals surface area contributed by atoms with Crippen molar-refractivity contribution in [1.29, 1.82) is 0 Å². The van der Waals surface area contributed by atoms with Crippen LogP contribution in [0.4, 0.5) is 4.79 Å². The van der Waals surface area contributed by atoms with Crippen molar-refractivity contribution in [1.82, 2.24) is 16.0 Å². The number of nitrogens with two attached hydrogens (primary N) is 1. The number of hydrogen-bond acceptors (Lipinski definition) is 3. The van der Waals surface area contributed by atoms with Crippen molar-refractivity contribution in [3.05, 3.63) is 35.9 Å². The van der Waals surface area contributed by atoms with Crippen molar-refractivity contribution in [2.75, 3.05) is 6.54 Å². The predicted molar refractivity (Wildman–Crippen MR) is 80.8 cm³/mol. The lowest BCUT2D eigenvalue weighted by molar-refractivity contribution is -0.136. The quantitative estimate of drug-likeness (QED) is 0.539. The third-order valence-electron chi connectivity index (χ3n) is 3.52. The van der Waals surface area contributed by atoms with Crippen LogP contribution in [0.3, 0.4) is 0 Å². The Hall–Kier alpha value is -2.57. The van der Waals surface area contributed by atoms with Crippen LogP contribution < -0.4 is 21.7 Å². The Bertz CT molecular complexity index is 547. The topological polar surface area (TPSA) is 113 Å². The lowest BCUT2D eigenvalue weighted by Gasteiger charge is -2.29. The van der Waals surface area contributed by atoms with E-state index in [9.17, 15) is 14.4 Å². The number of urea groups is 1. The number of hydrogen-bond donors (Lipinski definition) is 4. The number of rotatable bonds is 6. The van der Waals surface area contributed by atoms with Crippen LogP contribution >= 0.6 is 0 Å². The van der Waals surface area contributed by atoms with Crippen molar-refractivity contribution in [3.8, 4) is 0 Å². The van der Waals surface area contributed by atoms with Crippen LogP contribution in [0.5, 0.6) is 0 Å². The van der Waals surface area contributed by atoms with Crippen LogP contribution in [0.25, 0.3) is 0 Å². The molecule has 0 unspecified atom stereocenters. The van der Waals surface area contributed by atoms with Crippen LogP contribution in [-0.2, 0) is 16.0 Å². The molecule has 22 heavy (non-hydrogen) atoms. The van der Waals surface area contributed by atoms with Gasteiger partial charge in [0.15, 0.2) is 0 Å². The fourth-order valence-electron chi connectivity index (χ4n) is 2.39. The summed E-state index contributed by atoms with van der Waals surface area (Å²) in [6.07, 6.45) is 1.48. The van der Waals surface area contributed by atoms with Gasteiger partial charge in [0.1, 0.15) is 12.1 Å². The van der Waals surface area contributed by atoms with E-state index in [0.29, 0.717) is 25.8 Å². The Morgan fingerprint density at radius 1 is 1.09 bits per heavy atom. The summed E-state index contributed by atoms with van der Waals surface area (Å²) in [6, 6.07) is 7.82. The van der Waals surface area contributed by atoms with Crippen LogP contribution in [0.2, 0.25) is 0 Å². The lowest BCUT2D eigenvalue weighted by atomic mass is 10.0. The number of carbonyl (C=O) groups is 3. The fraction of sp³-hybridized carbons (Fsp3) is 0.400. The van der Waals surface area contributed by atoms with E-state index < -0.39 is 18.1 Å². The molecule has 2 rings (SSSR count). The highest BCUT2D eigenvalue weighted by atomic mass is 16.2. The van der Waals surface area contributed by atoms with Gasteiger partial charge < -0.3 is 21.7 Å². The van der Waals surface area contributed by atoms with E-state index in [0.717, 1.165) is 5.56 Å². The van der Waals surface area contributed by atoms with Crippen molar-refractivity contribution in [2.45, 2.75) is 31.3 Å². The molecule has 0 spiro atoms. The summed E-state index contributed by atoms with van der Waals surface area (Å²) in [6.45, 7) is 0.377. The molecule has 1 aliphatic heterocycles. The molecule has 0 bridgehead atoms. The number of benzene rings is 1. The molecule has 1 aromatic carbocycles. The maximum atomic E-state index is 12.1. The third kappa shape index (κ3) is 4.47. The summed E-state index contributed by atoms with van der Waals surface area (Å²) < 4.78 is 0. The Balaban J connectivity index is 1.82. The largest absolute Gasteiger partial charge is 0.352 e. The Morgan fingerprint density at radius 3 is 2.41 bits per heavy atom. The van der Waals surface area contributed by atoms with E-state index >= 15 is 0 Å². The van der Waals surface area contributed by atoms with Gasteiger partial charge in [-0.05, 0) is 18.4 Å². The maximum Gasteiger partial charge on any atom is 0.312 e. The van der Waals surface area contributed by atoms with Crippen LogP contribution in [0, 0.1) is 0 Å². The molecule has 0 saturated carbocycles. The van der Waals surface area contributed by atoms with Crippen molar-refractivity contribution in [3.63, 3.8) is 0 Å². The molecular weight excluding hydrogens is 284 g/mol. The second kappa shape index (κ2) is 7.44. The molecule has 1 fully saturated rings. The van der Waals surface area contributed by atoms with E-state index in [4.69, 9.17) is 5.73 Å². The van der Waals surface area contributed by atoms with E-state index in [1.165, 1.54) is 0 Å². The first-order valence-electron chi connectivity index (χ1n) is 7.24. The van der Waals surface area contributed by atoms with E-state index in [-0.39, 0.29) is 11.8 Å². The minimum absolute atomic E-state index is 0.184. The van der Waals surface area contributed by atoms with Crippen molar-refractivity contribution in [2.24, 2.45) is 5.73 Å². The molecule has 0 aromatic heterocycles. The minimum atomic E-state index is -0.597. The maximum absolute atomic E-state index is 12.1. The molecule has 0 radical (unpaired) electrons. The number of amides is 4. The van der Waals surface area contributed by atoms with Crippen LogP contribution in [0.15, 0.2) is 30.3 Å². The van der Waals surface area contributed by atoms with E-state index in [1.54, 1.807) is 0 Å². The Kier molecular flexibility index (Phi) is 5.35. The zero-order chi connectivity index (χ0) is 15.9. The fourth-order valence-corrected chi connectivity index (χ4v) is 2.39. The minimum Gasteiger partial charge on any atom is -0.352 e. The summed E-state index contributed by atoms with van der Waals surface area (Å²) in [4.78, 5) is 34.7. The van der Waals surface area contributed by atoms with Crippen molar-refractivity contribution < 1.29 is 14.4 Å². The first kappa shape index (κ1) is 15.8. The standard InChI is InChI=1S/C15H20N4O3/c16-15(22)17-8-4-7-11-13(20)19-12(14(21)18-11)9-10-5-2-1-3-6-10/h1-3,5-6,11-12H,4,7-9H2,(H,18,21)(H,19,20)(H3,16,17,22)/t11-,12-/m0/s1.